The van der Waals surface area contributed by atoms with Crippen LogP contribution in [0.4, 0.5) is 0 Å². The predicted octanol–water partition coefficient (Wildman–Crippen LogP) is 3.27. The van der Waals surface area contributed by atoms with Crippen molar-refractivity contribution < 1.29 is 23.1 Å². The van der Waals surface area contributed by atoms with E-state index in [1.807, 2.05) is 11.6 Å². The van der Waals surface area contributed by atoms with Gasteiger partial charge in [-0.25, -0.2) is 13.1 Å². The van der Waals surface area contributed by atoms with Gasteiger partial charge < -0.3 is 9.84 Å². The van der Waals surface area contributed by atoms with Gasteiger partial charge in [-0.15, -0.1) is 0 Å². The summed E-state index contributed by atoms with van der Waals surface area (Å²) >= 11 is 0. The lowest BCUT2D eigenvalue weighted by Crippen LogP contribution is -2.31. The Labute approximate surface area is 163 Å². The minimum atomic E-state index is -4.06. The average molecular weight is 402 g/mol. The van der Waals surface area contributed by atoms with Gasteiger partial charge in [-0.1, -0.05) is 35.9 Å². The lowest BCUT2D eigenvalue weighted by Gasteiger charge is -2.10. The highest BCUT2D eigenvalue weighted by Crippen LogP contribution is 2.18. The molecule has 0 aromatic heterocycles. The van der Waals surface area contributed by atoms with Crippen LogP contribution in [0.15, 0.2) is 65.1 Å². The summed E-state index contributed by atoms with van der Waals surface area (Å²) in [4.78, 5) is 15.5. The first-order valence-electron chi connectivity index (χ1n) is 8.40. The molecular formula is C19H20N3O5S+. The highest BCUT2D eigenvalue weighted by molar-refractivity contribution is 7.90. The van der Waals surface area contributed by atoms with E-state index < -0.39 is 21.9 Å². The second kappa shape index (κ2) is 9.01. The van der Waals surface area contributed by atoms with E-state index in [0.29, 0.717) is 5.56 Å². The lowest BCUT2D eigenvalue weighted by molar-refractivity contribution is 0.0967. The topological polar surface area (TPSA) is 121 Å². The number of aliphatic hydroxyl groups excluding tert-OH is 1. The summed E-state index contributed by atoms with van der Waals surface area (Å²) in [6.45, 7) is 3.62. The fourth-order valence-corrected chi connectivity index (χ4v) is 3.37. The Kier molecular flexibility index (Phi) is 6.74. The Bertz CT molecular complexity index is 1040. The van der Waals surface area contributed by atoms with Crippen molar-refractivity contribution in [2.45, 2.75) is 25.2 Å². The van der Waals surface area contributed by atoms with Crippen molar-refractivity contribution in [3.8, 4) is 0 Å². The molecule has 2 aromatic carbocycles. The first-order chi connectivity index (χ1) is 13.3. The van der Waals surface area contributed by atoms with Crippen molar-refractivity contribution in [3.63, 3.8) is 0 Å². The van der Waals surface area contributed by atoms with E-state index in [4.69, 9.17) is 10.1 Å². The number of allylic oxidation sites excluding steroid dienone is 1. The summed E-state index contributed by atoms with van der Waals surface area (Å²) in [6.07, 6.45) is -0.142. The van der Waals surface area contributed by atoms with Crippen molar-refractivity contribution in [2.75, 3.05) is 6.61 Å². The molecule has 146 valence electrons. The molecular weight excluding hydrogens is 382 g/mol. The summed E-state index contributed by atoms with van der Waals surface area (Å²) in [7, 11) is -4.06. The molecule has 2 N–H and O–H groups in total. The fraction of sp³-hybridized carbons (Fsp3) is 0.211. The maximum Gasteiger partial charge on any atom is 0.444 e. The monoisotopic (exact) mass is 402 g/mol. The molecule has 0 aliphatic carbocycles. The van der Waals surface area contributed by atoms with Gasteiger partial charge in [-0.05, 0) is 37.6 Å². The molecule has 1 amide bonds. The normalized spacial score (nSPS) is 11.9. The van der Waals surface area contributed by atoms with Gasteiger partial charge in [0.2, 0.25) is 5.39 Å². The number of diazo groups is 1. The van der Waals surface area contributed by atoms with Gasteiger partial charge in [0, 0.05) is 5.56 Å². The van der Waals surface area contributed by atoms with Crippen LogP contribution in [0.1, 0.15) is 28.4 Å². The molecule has 28 heavy (non-hydrogen) atoms. The number of amides is 1. The second-order valence-corrected chi connectivity index (χ2v) is 7.55. The van der Waals surface area contributed by atoms with E-state index in [9.17, 15) is 18.3 Å². The zero-order valence-corrected chi connectivity index (χ0v) is 16.2. The van der Waals surface area contributed by atoms with E-state index in [0.717, 1.165) is 5.56 Å². The molecule has 0 saturated heterocycles. The third-order valence-electron chi connectivity index (χ3n) is 3.83. The van der Waals surface area contributed by atoms with Crippen LogP contribution in [0, 0.1) is 12.3 Å². The minimum absolute atomic E-state index is 0.0381. The number of aliphatic hydroxyl groups is 1. The van der Waals surface area contributed by atoms with Crippen LogP contribution in [-0.2, 0) is 21.2 Å². The molecule has 0 aliphatic rings. The Hall–Kier alpha value is -3.38. The largest absolute Gasteiger partial charge is 0.475 e. The molecule has 2 aromatic rings. The molecule has 0 fully saturated rings. The summed E-state index contributed by atoms with van der Waals surface area (Å²) in [5.41, 5.74) is 1.10. The number of carbonyl (C=O) groups is 1. The van der Waals surface area contributed by atoms with Crippen molar-refractivity contribution in [3.05, 3.63) is 81.8 Å². The molecule has 0 saturated carbocycles. The van der Waals surface area contributed by atoms with E-state index >= 15 is 0 Å². The average Bonchev–Trinajstić information content (AvgIpc) is 2.66. The number of carbonyl (C=O) groups excluding carboxylic acids is 1. The SMILES string of the molecule is CCO/C(O)=C(\Cc1ccccc1C(=O)NS(=O)(=O)c1ccc(C)cc1)[N+]#N. The third kappa shape index (κ3) is 5.08. The Balaban J connectivity index is 2.31. The fourth-order valence-electron chi connectivity index (χ4n) is 2.40. The number of ether oxygens (including phenoxy) is 1. The smallest absolute Gasteiger partial charge is 0.444 e. The Morgan fingerprint density at radius 2 is 1.82 bits per heavy atom. The van der Waals surface area contributed by atoms with Crippen LogP contribution in [-0.4, -0.2) is 26.0 Å². The van der Waals surface area contributed by atoms with Crippen LogP contribution in [0.3, 0.4) is 0 Å². The maximum atomic E-state index is 12.6. The molecule has 0 heterocycles. The van der Waals surface area contributed by atoms with Crippen molar-refractivity contribution in [1.29, 1.82) is 5.39 Å². The van der Waals surface area contributed by atoms with Gasteiger partial charge >= 0.3 is 11.6 Å². The number of hydrogen-bond acceptors (Lipinski definition) is 6. The van der Waals surface area contributed by atoms with Gasteiger partial charge in [0.05, 0.1) is 17.9 Å². The van der Waals surface area contributed by atoms with Gasteiger partial charge in [0.15, 0.2) is 4.98 Å². The van der Waals surface area contributed by atoms with Crippen LogP contribution in [0.25, 0.3) is 4.98 Å². The summed E-state index contributed by atoms with van der Waals surface area (Å²) in [5, 5.41) is 18.9. The number of benzene rings is 2. The molecule has 8 nitrogen and oxygen atoms in total. The molecule has 0 atom stereocenters. The van der Waals surface area contributed by atoms with Crippen molar-refractivity contribution >= 4 is 15.9 Å². The van der Waals surface area contributed by atoms with Gasteiger partial charge in [-0.3, -0.25) is 4.79 Å². The molecule has 0 aliphatic heterocycles. The van der Waals surface area contributed by atoms with E-state index in [2.05, 4.69) is 4.98 Å². The number of nitrogens with zero attached hydrogens (tertiary/aromatic N) is 2. The van der Waals surface area contributed by atoms with Crippen LogP contribution >= 0.6 is 0 Å². The van der Waals surface area contributed by atoms with E-state index in [1.54, 1.807) is 37.3 Å². The van der Waals surface area contributed by atoms with Crippen LogP contribution < -0.4 is 4.72 Å². The van der Waals surface area contributed by atoms with Crippen LogP contribution in [0.2, 0.25) is 0 Å². The summed E-state index contributed by atoms with van der Waals surface area (Å²) < 4.78 is 31.8. The quantitative estimate of drug-likeness (QED) is 0.542. The number of rotatable bonds is 7. The zero-order valence-electron chi connectivity index (χ0n) is 15.4. The highest BCUT2D eigenvalue weighted by atomic mass is 32.2. The van der Waals surface area contributed by atoms with E-state index in [-0.39, 0.29) is 29.2 Å². The molecule has 0 unspecified atom stereocenters. The minimum Gasteiger partial charge on any atom is -0.475 e. The first kappa shape index (κ1) is 20.9. The standard InChI is InChI=1S/C19H19N3O5S/c1-3-27-19(24)17(21-20)12-14-6-4-5-7-16(14)18(23)22-28(25,26)15-10-8-13(2)9-11-15/h4-11H,3,12H2,1-2H3,(H-,22,23,24)/p+1/b19-17+. The third-order valence-corrected chi connectivity index (χ3v) is 5.17. The molecule has 2 rings (SSSR count). The molecule has 0 spiro atoms. The Morgan fingerprint density at radius 3 is 2.43 bits per heavy atom. The van der Waals surface area contributed by atoms with Gasteiger partial charge in [-0.2, -0.15) is 0 Å². The van der Waals surface area contributed by atoms with Crippen molar-refractivity contribution in [2.24, 2.45) is 0 Å². The molecule has 0 bridgehead atoms. The highest BCUT2D eigenvalue weighted by Gasteiger charge is 2.26. The van der Waals surface area contributed by atoms with Gasteiger partial charge in [0.25, 0.3) is 15.9 Å². The number of nitrogens with one attached hydrogen (secondary N) is 1. The summed E-state index contributed by atoms with van der Waals surface area (Å²) in [5.74, 6) is -1.42. The zero-order chi connectivity index (χ0) is 20.7. The maximum absolute atomic E-state index is 12.6. The Morgan fingerprint density at radius 1 is 1.18 bits per heavy atom. The molecule has 0 radical (unpaired) electrons. The van der Waals surface area contributed by atoms with Crippen LogP contribution in [0.5, 0.6) is 0 Å². The number of hydrogen-bond donors (Lipinski definition) is 2. The molecule has 9 heteroatoms. The number of aryl methyl sites for hydroxylation is 1. The number of sulfonamides is 1. The van der Waals surface area contributed by atoms with Crippen molar-refractivity contribution in [1.82, 2.24) is 4.72 Å². The second-order valence-electron chi connectivity index (χ2n) is 5.87. The predicted molar refractivity (Wildman–Crippen MR) is 102 cm³/mol. The first-order valence-corrected chi connectivity index (χ1v) is 9.88. The van der Waals surface area contributed by atoms with Gasteiger partial charge in [0.1, 0.15) is 0 Å². The lowest BCUT2D eigenvalue weighted by atomic mass is 10.0. The van der Waals surface area contributed by atoms with E-state index in [1.165, 1.54) is 18.2 Å². The summed E-state index contributed by atoms with van der Waals surface area (Å²) in [6, 6.07) is 12.3.